The molecule has 0 unspecified atom stereocenters. The Morgan fingerprint density at radius 2 is 2.00 bits per heavy atom. The van der Waals surface area contributed by atoms with Crippen LogP contribution in [0.25, 0.3) is 0 Å². The van der Waals surface area contributed by atoms with Crippen LogP contribution in [0.4, 0.5) is 5.69 Å². The van der Waals surface area contributed by atoms with E-state index in [1.54, 1.807) is 19.1 Å². The van der Waals surface area contributed by atoms with Crippen LogP contribution < -0.4 is 10.5 Å². The van der Waals surface area contributed by atoms with Crippen LogP contribution in [0.15, 0.2) is 34.7 Å². The second-order valence-electron chi connectivity index (χ2n) is 4.09. The van der Waals surface area contributed by atoms with Gasteiger partial charge in [-0.25, -0.2) is 18.1 Å². The molecule has 0 radical (unpaired) electrons. The van der Waals surface area contributed by atoms with Gasteiger partial charge in [0.2, 0.25) is 0 Å². The molecule has 0 bridgehead atoms. The van der Waals surface area contributed by atoms with Gasteiger partial charge < -0.3 is 5.73 Å². The van der Waals surface area contributed by atoms with E-state index < -0.39 is 10.0 Å². The molecule has 19 heavy (non-hydrogen) atoms. The summed E-state index contributed by atoms with van der Waals surface area (Å²) in [5, 5.41) is 0.735. The fourth-order valence-electron chi connectivity index (χ4n) is 1.55. The molecule has 0 fully saturated rings. The average molecular weight is 297 g/mol. The molecule has 0 saturated heterocycles. The number of nitrogens with zero attached hydrogens (tertiary/aromatic N) is 1. The summed E-state index contributed by atoms with van der Waals surface area (Å²) in [6.45, 7) is 2.13. The van der Waals surface area contributed by atoms with Crippen LogP contribution in [0.5, 0.6) is 0 Å². The predicted octanol–water partition coefficient (Wildman–Crippen LogP) is 1.55. The number of thiazole rings is 1. The summed E-state index contributed by atoms with van der Waals surface area (Å²) in [4.78, 5) is 3.94. The fraction of sp³-hybridized carbons (Fsp3) is 0.250. The zero-order valence-electron chi connectivity index (χ0n) is 10.5. The minimum atomic E-state index is -3.44. The predicted molar refractivity (Wildman–Crippen MR) is 76.6 cm³/mol. The van der Waals surface area contributed by atoms with Gasteiger partial charge in [0.25, 0.3) is 10.0 Å². The molecule has 5 nitrogen and oxygen atoms in total. The summed E-state index contributed by atoms with van der Waals surface area (Å²) in [6.07, 6.45) is 2.00. The van der Waals surface area contributed by atoms with Gasteiger partial charge >= 0.3 is 0 Å². The van der Waals surface area contributed by atoms with Crippen LogP contribution in [-0.2, 0) is 16.4 Å². The van der Waals surface area contributed by atoms with Crippen molar-refractivity contribution >= 4 is 27.0 Å². The van der Waals surface area contributed by atoms with Crippen LogP contribution in [0.1, 0.15) is 10.6 Å². The number of nitrogen functional groups attached to an aromatic ring is 1. The highest BCUT2D eigenvalue weighted by atomic mass is 32.2. The van der Waals surface area contributed by atoms with Crippen molar-refractivity contribution in [2.75, 3.05) is 12.3 Å². The van der Waals surface area contributed by atoms with Gasteiger partial charge in [0, 0.05) is 12.2 Å². The first kappa shape index (κ1) is 14.0. The minimum absolute atomic E-state index is 0.252. The summed E-state index contributed by atoms with van der Waals surface area (Å²) in [5.74, 6) is 0. The van der Waals surface area contributed by atoms with Crippen molar-refractivity contribution in [3.8, 4) is 0 Å². The number of aromatic nitrogens is 1. The zero-order valence-corrected chi connectivity index (χ0v) is 12.1. The largest absolute Gasteiger partial charge is 0.399 e. The lowest BCUT2D eigenvalue weighted by Crippen LogP contribution is -2.25. The van der Waals surface area contributed by atoms with Gasteiger partial charge in [-0.3, -0.25) is 0 Å². The Labute approximate surface area is 116 Å². The summed E-state index contributed by atoms with van der Waals surface area (Å²) in [5.41, 5.74) is 7.32. The minimum Gasteiger partial charge on any atom is -0.399 e. The van der Waals surface area contributed by atoms with E-state index in [-0.39, 0.29) is 4.21 Å². The SMILES string of the molecule is Cc1ncc(S(=O)(=O)NCCc2ccc(N)cc2)s1. The fourth-order valence-corrected chi connectivity index (χ4v) is 3.74. The van der Waals surface area contributed by atoms with E-state index in [1.165, 1.54) is 6.20 Å². The van der Waals surface area contributed by atoms with E-state index >= 15 is 0 Å². The summed E-state index contributed by atoms with van der Waals surface area (Å²) >= 11 is 1.16. The van der Waals surface area contributed by atoms with Gasteiger partial charge in [-0.05, 0) is 31.0 Å². The molecule has 1 aromatic heterocycles. The maximum absolute atomic E-state index is 11.9. The Balaban J connectivity index is 1.93. The van der Waals surface area contributed by atoms with Gasteiger partial charge in [0.15, 0.2) is 4.21 Å². The van der Waals surface area contributed by atoms with Crippen molar-refractivity contribution in [1.82, 2.24) is 9.71 Å². The number of nitrogens with one attached hydrogen (secondary N) is 1. The number of anilines is 1. The molecule has 0 saturated carbocycles. The molecule has 1 aromatic carbocycles. The molecule has 2 aromatic rings. The Bertz CT molecular complexity index is 648. The molecule has 7 heteroatoms. The molecule has 1 heterocycles. The number of nitrogens with two attached hydrogens (primary N) is 1. The van der Waals surface area contributed by atoms with Gasteiger partial charge in [0.05, 0.1) is 11.2 Å². The Kier molecular flexibility index (Phi) is 4.18. The van der Waals surface area contributed by atoms with Crippen LogP contribution in [0, 0.1) is 6.92 Å². The van der Waals surface area contributed by atoms with Crippen molar-refractivity contribution in [3.05, 3.63) is 41.0 Å². The maximum Gasteiger partial charge on any atom is 0.251 e. The lowest BCUT2D eigenvalue weighted by atomic mass is 10.1. The van der Waals surface area contributed by atoms with E-state index in [2.05, 4.69) is 9.71 Å². The van der Waals surface area contributed by atoms with Crippen molar-refractivity contribution < 1.29 is 8.42 Å². The third kappa shape index (κ3) is 3.76. The first-order valence-electron chi connectivity index (χ1n) is 5.74. The van der Waals surface area contributed by atoms with Crippen molar-refractivity contribution in [2.24, 2.45) is 0 Å². The van der Waals surface area contributed by atoms with Crippen molar-refractivity contribution in [2.45, 2.75) is 17.6 Å². The van der Waals surface area contributed by atoms with Crippen LogP contribution >= 0.6 is 11.3 Å². The quantitative estimate of drug-likeness (QED) is 0.820. The second-order valence-corrected chi connectivity index (χ2v) is 7.32. The molecule has 0 aliphatic rings. The van der Waals surface area contributed by atoms with Crippen molar-refractivity contribution in [1.29, 1.82) is 0 Å². The highest BCUT2D eigenvalue weighted by Crippen LogP contribution is 2.17. The third-order valence-electron chi connectivity index (χ3n) is 2.55. The van der Waals surface area contributed by atoms with Crippen LogP contribution in [0.2, 0.25) is 0 Å². The van der Waals surface area contributed by atoms with Gasteiger partial charge in [-0.1, -0.05) is 12.1 Å². The molecule has 102 valence electrons. The average Bonchev–Trinajstić information content (AvgIpc) is 2.79. The van der Waals surface area contributed by atoms with E-state index in [4.69, 9.17) is 5.73 Å². The number of sulfonamides is 1. The van der Waals surface area contributed by atoms with E-state index in [1.807, 2.05) is 12.1 Å². The Hall–Kier alpha value is -1.44. The Morgan fingerprint density at radius 3 is 2.58 bits per heavy atom. The zero-order chi connectivity index (χ0) is 13.9. The van der Waals surface area contributed by atoms with E-state index in [9.17, 15) is 8.42 Å². The van der Waals surface area contributed by atoms with Gasteiger partial charge in [-0.2, -0.15) is 0 Å². The number of rotatable bonds is 5. The first-order valence-corrected chi connectivity index (χ1v) is 8.04. The normalized spacial score (nSPS) is 11.6. The van der Waals surface area contributed by atoms with Crippen LogP contribution in [-0.4, -0.2) is 19.9 Å². The van der Waals surface area contributed by atoms with Gasteiger partial charge in [0.1, 0.15) is 0 Å². The monoisotopic (exact) mass is 297 g/mol. The number of hydrogen-bond acceptors (Lipinski definition) is 5. The number of aryl methyl sites for hydroxylation is 1. The standard InChI is InChI=1S/C12H15N3O2S2/c1-9-14-8-12(18-9)19(16,17)15-7-6-10-2-4-11(13)5-3-10/h2-5,8,15H,6-7,13H2,1H3. The molecule has 3 N–H and O–H groups in total. The second kappa shape index (κ2) is 5.68. The lowest BCUT2D eigenvalue weighted by Gasteiger charge is -2.04. The molecule has 0 aliphatic carbocycles. The topological polar surface area (TPSA) is 85.1 Å². The molecule has 0 amide bonds. The van der Waals surface area contributed by atoms with Gasteiger partial charge in [-0.15, -0.1) is 11.3 Å². The first-order chi connectivity index (χ1) is 8.97. The van der Waals surface area contributed by atoms with E-state index in [0.29, 0.717) is 18.7 Å². The molecular formula is C12H15N3O2S2. The highest BCUT2D eigenvalue weighted by Gasteiger charge is 2.16. The highest BCUT2D eigenvalue weighted by molar-refractivity contribution is 7.91. The maximum atomic E-state index is 11.9. The molecular weight excluding hydrogens is 282 g/mol. The molecule has 2 rings (SSSR count). The smallest absolute Gasteiger partial charge is 0.251 e. The molecule has 0 aliphatic heterocycles. The Morgan fingerprint density at radius 1 is 1.32 bits per heavy atom. The summed E-state index contributed by atoms with van der Waals surface area (Å²) < 4.78 is 26.7. The van der Waals surface area contributed by atoms with Crippen LogP contribution in [0.3, 0.4) is 0 Å². The summed E-state index contributed by atoms with van der Waals surface area (Å²) in [7, 11) is -3.44. The molecule has 0 atom stereocenters. The van der Waals surface area contributed by atoms with E-state index in [0.717, 1.165) is 21.9 Å². The lowest BCUT2D eigenvalue weighted by molar-refractivity contribution is 0.583. The summed E-state index contributed by atoms with van der Waals surface area (Å²) in [6, 6.07) is 7.38. The molecule has 0 spiro atoms. The number of benzene rings is 1. The van der Waals surface area contributed by atoms with Crippen molar-refractivity contribution in [3.63, 3.8) is 0 Å². The third-order valence-corrected chi connectivity index (χ3v) is 5.39. The number of hydrogen-bond donors (Lipinski definition) is 2.